The summed E-state index contributed by atoms with van der Waals surface area (Å²) in [6.07, 6.45) is -6.62. The second-order valence-electron chi connectivity index (χ2n) is 6.57. The summed E-state index contributed by atoms with van der Waals surface area (Å²) in [6.45, 7) is 0. The van der Waals surface area contributed by atoms with Gasteiger partial charge in [-0.2, -0.15) is 23.3 Å². The zero-order valence-electron chi connectivity index (χ0n) is 15.6. The quantitative estimate of drug-likeness (QED) is 0.588. The number of carbonyl (C=O) groups excluding carboxylic acids is 1. The number of nitro groups is 1. The first-order chi connectivity index (χ1) is 14.0. The minimum Gasteiger partial charge on any atom is -0.497 e. The molecule has 0 saturated carbocycles. The fourth-order valence-corrected chi connectivity index (χ4v) is 2.96. The van der Waals surface area contributed by atoms with Crippen LogP contribution in [0.5, 0.6) is 5.75 Å². The van der Waals surface area contributed by atoms with Gasteiger partial charge in [0.05, 0.1) is 30.6 Å². The molecule has 1 atom stereocenters. The molecule has 0 radical (unpaired) electrons. The molecule has 1 aliphatic heterocycles. The number of hydrogen-bond donors (Lipinski definition) is 1. The topological polar surface area (TPSA) is 105 Å². The second kappa shape index (κ2) is 7.75. The van der Waals surface area contributed by atoms with Gasteiger partial charge in [-0.05, 0) is 35.4 Å². The monoisotopic (exact) mass is 423 g/mol. The average Bonchev–Trinajstić information content (AvgIpc) is 3.07. The summed E-state index contributed by atoms with van der Waals surface area (Å²) in [7, 11) is 1.43. The predicted molar refractivity (Wildman–Crippen MR) is 98.8 cm³/mol. The Morgan fingerprint density at radius 2 is 1.83 bits per heavy atom. The van der Waals surface area contributed by atoms with Crippen molar-refractivity contribution in [2.45, 2.75) is 24.7 Å². The summed E-state index contributed by atoms with van der Waals surface area (Å²) in [5, 5.41) is 24.8. The number of ether oxygens (including phenoxy) is 1. The largest absolute Gasteiger partial charge is 0.497 e. The van der Waals surface area contributed by atoms with Gasteiger partial charge in [-0.1, -0.05) is 12.1 Å². The van der Waals surface area contributed by atoms with Crippen molar-refractivity contribution in [3.8, 4) is 5.75 Å². The van der Waals surface area contributed by atoms with Crippen LogP contribution in [0.15, 0.2) is 53.6 Å². The maximum absolute atomic E-state index is 13.6. The van der Waals surface area contributed by atoms with Gasteiger partial charge in [-0.15, -0.1) is 0 Å². The van der Waals surface area contributed by atoms with E-state index in [1.807, 2.05) is 0 Å². The number of carbonyl (C=O) groups is 1. The molecule has 1 N–H and O–H groups in total. The molecule has 0 saturated heterocycles. The minimum atomic E-state index is -5.16. The van der Waals surface area contributed by atoms with Crippen molar-refractivity contribution in [1.82, 2.24) is 5.01 Å². The molecule has 1 aliphatic rings. The van der Waals surface area contributed by atoms with Crippen LogP contribution in [0.2, 0.25) is 0 Å². The van der Waals surface area contributed by atoms with Gasteiger partial charge >= 0.3 is 6.18 Å². The summed E-state index contributed by atoms with van der Waals surface area (Å²) in [4.78, 5) is 22.6. The van der Waals surface area contributed by atoms with Crippen molar-refractivity contribution in [2.24, 2.45) is 5.10 Å². The van der Waals surface area contributed by atoms with Crippen molar-refractivity contribution in [1.29, 1.82) is 0 Å². The van der Waals surface area contributed by atoms with Crippen LogP contribution in [0, 0.1) is 10.1 Å². The van der Waals surface area contributed by atoms with Crippen molar-refractivity contribution in [3.63, 3.8) is 0 Å². The average molecular weight is 423 g/mol. The molecule has 2 aromatic rings. The second-order valence-corrected chi connectivity index (χ2v) is 6.57. The highest BCUT2D eigenvalue weighted by Crippen LogP contribution is 2.41. The van der Waals surface area contributed by atoms with Crippen molar-refractivity contribution >= 4 is 17.3 Å². The first kappa shape index (κ1) is 21.2. The molecule has 0 fully saturated rings. The van der Waals surface area contributed by atoms with Crippen LogP contribution in [-0.2, 0) is 11.2 Å². The Kier molecular flexibility index (Phi) is 5.49. The first-order valence-corrected chi connectivity index (χ1v) is 8.62. The molecule has 0 spiro atoms. The highest BCUT2D eigenvalue weighted by atomic mass is 19.4. The number of hydrogen-bond acceptors (Lipinski definition) is 6. The smallest absolute Gasteiger partial charge is 0.438 e. The molecular formula is C19H16F3N3O5. The predicted octanol–water partition coefficient (Wildman–Crippen LogP) is 3.03. The fraction of sp³-hybridized carbons (Fsp3) is 0.263. The zero-order valence-corrected chi connectivity index (χ0v) is 15.6. The Balaban J connectivity index is 1.90. The third kappa shape index (κ3) is 3.96. The molecule has 11 heteroatoms. The summed E-state index contributed by atoms with van der Waals surface area (Å²) < 4.78 is 45.9. The maximum atomic E-state index is 13.6. The molecule has 1 unspecified atom stereocenters. The van der Waals surface area contributed by atoms with Crippen LogP contribution in [-0.4, -0.2) is 45.7 Å². The van der Waals surface area contributed by atoms with Crippen LogP contribution >= 0.6 is 0 Å². The van der Waals surface area contributed by atoms with E-state index in [0.717, 1.165) is 12.1 Å². The first-order valence-electron chi connectivity index (χ1n) is 8.62. The van der Waals surface area contributed by atoms with Gasteiger partial charge in [0.2, 0.25) is 5.91 Å². The molecular weight excluding hydrogens is 407 g/mol. The molecule has 1 heterocycles. The Morgan fingerprint density at radius 3 is 2.33 bits per heavy atom. The number of alkyl halides is 3. The van der Waals surface area contributed by atoms with E-state index in [4.69, 9.17) is 4.74 Å². The number of aliphatic hydroxyl groups is 1. The zero-order chi connectivity index (χ0) is 22.1. The van der Waals surface area contributed by atoms with Crippen LogP contribution in [0.3, 0.4) is 0 Å². The Morgan fingerprint density at radius 1 is 1.23 bits per heavy atom. The Hall–Kier alpha value is -3.47. The van der Waals surface area contributed by atoms with E-state index in [0.29, 0.717) is 11.3 Å². The summed E-state index contributed by atoms with van der Waals surface area (Å²) in [6, 6.07) is 10.8. The van der Waals surface area contributed by atoms with Crippen LogP contribution in [0.4, 0.5) is 18.9 Å². The summed E-state index contributed by atoms with van der Waals surface area (Å²) in [5.41, 5.74) is -3.30. The van der Waals surface area contributed by atoms with Gasteiger partial charge < -0.3 is 9.84 Å². The van der Waals surface area contributed by atoms with Gasteiger partial charge in [0, 0.05) is 12.1 Å². The van der Waals surface area contributed by atoms with Crippen LogP contribution < -0.4 is 4.74 Å². The molecule has 8 nitrogen and oxygen atoms in total. The Labute approximate surface area is 168 Å². The number of amides is 1. The molecule has 0 bridgehead atoms. The third-order valence-corrected chi connectivity index (χ3v) is 4.60. The number of benzene rings is 2. The lowest BCUT2D eigenvalue weighted by atomic mass is 10.0. The van der Waals surface area contributed by atoms with E-state index >= 15 is 0 Å². The fourth-order valence-electron chi connectivity index (χ4n) is 2.96. The number of halogens is 3. The van der Waals surface area contributed by atoms with E-state index in [-0.39, 0.29) is 22.0 Å². The lowest BCUT2D eigenvalue weighted by Gasteiger charge is -2.32. The highest BCUT2D eigenvalue weighted by molar-refractivity contribution is 6.03. The van der Waals surface area contributed by atoms with E-state index in [1.165, 1.54) is 43.5 Å². The van der Waals surface area contributed by atoms with E-state index in [1.54, 1.807) is 0 Å². The van der Waals surface area contributed by atoms with Gasteiger partial charge in [-0.3, -0.25) is 14.9 Å². The Bertz CT molecular complexity index is 990. The number of rotatable bonds is 5. The van der Waals surface area contributed by atoms with Crippen LogP contribution in [0.25, 0.3) is 0 Å². The van der Waals surface area contributed by atoms with Gasteiger partial charge in [0.25, 0.3) is 11.4 Å². The SMILES string of the molecule is COc1ccc(C2=NN(C(=O)Cc3ccc([N+](=O)[O-])cc3)C(O)(C(F)(F)F)C2)cc1. The van der Waals surface area contributed by atoms with Gasteiger partial charge in [0.15, 0.2) is 0 Å². The third-order valence-electron chi connectivity index (χ3n) is 4.60. The molecule has 30 heavy (non-hydrogen) atoms. The van der Waals surface area contributed by atoms with Crippen LogP contribution in [0.1, 0.15) is 17.5 Å². The van der Waals surface area contributed by atoms with E-state index in [9.17, 15) is 33.2 Å². The summed E-state index contributed by atoms with van der Waals surface area (Å²) in [5.74, 6) is -0.623. The summed E-state index contributed by atoms with van der Waals surface area (Å²) >= 11 is 0. The van der Waals surface area contributed by atoms with Gasteiger partial charge in [0.1, 0.15) is 5.75 Å². The molecule has 0 aliphatic carbocycles. The number of hydrazone groups is 1. The standard InChI is InChI=1S/C19H16F3N3O5/c1-30-15-8-4-13(5-9-15)16-11-18(27,19(20,21)22)24(23-16)17(26)10-12-2-6-14(7-3-12)25(28)29/h2-9,27H,10-11H2,1H3. The normalized spacial score (nSPS) is 18.8. The lowest BCUT2D eigenvalue weighted by Crippen LogP contribution is -2.57. The van der Waals surface area contributed by atoms with E-state index < -0.39 is 35.6 Å². The molecule has 1 amide bonds. The highest BCUT2D eigenvalue weighted by Gasteiger charge is 2.63. The van der Waals surface area contributed by atoms with Gasteiger partial charge in [-0.25, -0.2) is 0 Å². The molecule has 3 rings (SSSR count). The van der Waals surface area contributed by atoms with Crippen molar-refractivity contribution in [2.75, 3.05) is 7.11 Å². The number of nitro benzene ring substituents is 1. The molecule has 0 aromatic heterocycles. The van der Waals surface area contributed by atoms with E-state index in [2.05, 4.69) is 5.10 Å². The van der Waals surface area contributed by atoms with Crippen molar-refractivity contribution < 1.29 is 32.7 Å². The molecule has 158 valence electrons. The lowest BCUT2D eigenvalue weighted by molar-refractivity contribution is -0.384. The molecule has 2 aromatic carbocycles. The minimum absolute atomic E-state index is 0.0357. The van der Waals surface area contributed by atoms with Crippen molar-refractivity contribution in [3.05, 3.63) is 69.8 Å². The number of methoxy groups -OCH3 is 1. The maximum Gasteiger partial charge on any atom is 0.438 e. The number of nitrogens with zero attached hydrogens (tertiary/aromatic N) is 3. The number of non-ortho nitro benzene ring substituents is 1.